The van der Waals surface area contributed by atoms with Gasteiger partial charge in [-0.05, 0) is 43.5 Å². The monoisotopic (exact) mass is 294 g/mol. The van der Waals surface area contributed by atoms with Gasteiger partial charge in [-0.1, -0.05) is 48.6 Å². The number of anilines is 2. The van der Waals surface area contributed by atoms with Crippen LogP contribution in [0.4, 0.5) is 11.4 Å². The van der Waals surface area contributed by atoms with Gasteiger partial charge >= 0.3 is 0 Å². The predicted molar refractivity (Wildman–Crippen MR) is 93.6 cm³/mol. The molecule has 2 N–H and O–H groups in total. The summed E-state index contributed by atoms with van der Waals surface area (Å²) < 4.78 is 0. The molecule has 1 aliphatic carbocycles. The maximum absolute atomic E-state index is 5.58. The van der Waals surface area contributed by atoms with Crippen LogP contribution in [0, 0.1) is 0 Å². The van der Waals surface area contributed by atoms with E-state index in [-0.39, 0.29) is 0 Å². The summed E-state index contributed by atoms with van der Waals surface area (Å²) in [5.74, 6) is 0. The van der Waals surface area contributed by atoms with Crippen molar-refractivity contribution in [1.29, 1.82) is 0 Å². The highest BCUT2D eigenvalue weighted by atomic mass is 32.1. The molecule has 2 nitrogen and oxygen atoms in total. The Hall–Kier alpha value is -2.13. The van der Waals surface area contributed by atoms with Gasteiger partial charge in [0.2, 0.25) is 0 Å². The average molecular weight is 294 g/mol. The molecule has 0 bridgehead atoms. The molecular formula is C18H18N2S. The second-order valence-corrected chi connectivity index (χ2v) is 5.53. The molecule has 2 aromatic rings. The summed E-state index contributed by atoms with van der Waals surface area (Å²) in [5.41, 5.74) is 4.64. The first-order valence-corrected chi connectivity index (χ1v) is 7.64. The Bertz CT molecular complexity index is 647. The Morgan fingerprint density at radius 3 is 2.10 bits per heavy atom. The van der Waals surface area contributed by atoms with Crippen molar-refractivity contribution < 1.29 is 0 Å². The lowest BCUT2D eigenvalue weighted by Crippen LogP contribution is -2.14. The molecule has 0 saturated carbocycles. The third-order valence-electron chi connectivity index (χ3n) is 3.59. The highest BCUT2D eigenvalue weighted by Crippen LogP contribution is 2.28. The van der Waals surface area contributed by atoms with E-state index in [1.165, 1.54) is 11.3 Å². The van der Waals surface area contributed by atoms with Crippen molar-refractivity contribution in [3.05, 3.63) is 71.9 Å². The fraction of sp³-hybridized carbons (Fsp3) is 0.167. The first-order chi connectivity index (χ1) is 10.3. The molecule has 0 aromatic heterocycles. The van der Waals surface area contributed by atoms with Crippen LogP contribution in [0.5, 0.6) is 0 Å². The molecule has 0 fully saturated rings. The van der Waals surface area contributed by atoms with E-state index < -0.39 is 0 Å². The molecule has 0 saturated heterocycles. The van der Waals surface area contributed by atoms with Crippen LogP contribution in [0.1, 0.15) is 19.3 Å². The maximum Gasteiger partial charge on any atom is 0.108 e. The fourth-order valence-corrected chi connectivity index (χ4v) is 2.90. The molecule has 106 valence electrons. The number of hydrogen-bond donors (Lipinski definition) is 2. The van der Waals surface area contributed by atoms with Crippen molar-refractivity contribution in [3.8, 4) is 0 Å². The minimum Gasteiger partial charge on any atom is -0.359 e. The summed E-state index contributed by atoms with van der Waals surface area (Å²) in [7, 11) is 0. The highest BCUT2D eigenvalue weighted by Gasteiger charge is 2.18. The molecule has 2 aromatic carbocycles. The third-order valence-corrected chi connectivity index (χ3v) is 3.94. The number of allylic oxidation sites excluding steroid dienone is 1. The second kappa shape index (κ2) is 6.55. The van der Waals surface area contributed by atoms with E-state index >= 15 is 0 Å². The molecular weight excluding hydrogens is 276 g/mol. The molecule has 21 heavy (non-hydrogen) atoms. The second-order valence-electron chi connectivity index (χ2n) is 5.12. The van der Waals surface area contributed by atoms with Gasteiger partial charge in [-0.15, -0.1) is 0 Å². The molecule has 0 aliphatic heterocycles. The fourth-order valence-electron chi connectivity index (χ4n) is 2.56. The summed E-state index contributed by atoms with van der Waals surface area (Å²) in [6.07, 6.45) is 3.25. The lowest BCUT2D eigenvalue weighted by atomic mass is 10.2. The lowest BCUT2D eigenvalue weighted by molar-refractivity contribution is 0.903. The first kappa shape index (κ1) is 13.8. The Morgan fingerprint density at radius 1 is 0.810 bits per heavy atom. The quantitative estimate of drug-likeness (QED) is 0.778. The van der Waals surface area contributed by atoms with Gasteiger partial charge in [-0.2, -0.15) is 0 Å². The van der Waals surface area contributed by atoms with Gasteiger partial charge in [0.25, 0.3) is 0 Å². The standard InChI is InChI=1S/C18H18N2S/c21-18(20-15-10-5-2-6-11-15)16-12-7-13-17(16)19-14-8-3-1-4-9-14/h1-6,8-11,19H,7,12-13H2,(H,20,21). The van der Waals surface area contributed by atoms with Crippen LogP contribution in [0.15, 0.2) is 71.9 Å². The van der Waals surface area contributed by atoms with Gasteiger partial charge < -0.3 is 10.6 Å². The topological polar surface area (TPSA) is 24.1 Å². The summed E-state index contributed by atoms with van der Waals surface area (Å²) in [5, 5.41) is 6.84. The molecule has 0 radical (unpaired) electrons. The van der Waals surface area contributed by atoms with Crippen molar-refractivity contribution in [2.24, 2.45) is 0 Å². The van der Waals surface area contributed by atoms with Crippen molar-refractivity contribution in [3.63, 3.8) is 0 Å². The van der Waals surface area contributed by atoms with Gasteiger partial charge in [-0.25, -0.2) is 0 Å². The van der Waals surface area contributed by atoms with Crippen molar-refractivity contribution in [2.45, 2.75) is 19.3 Å². The SMILES string of the molecule is S=C(Nc1ccccc1)C1=C(Nc2ccccc2)CCC1. The highest BCUT2D eigenvalue weighted by molar-refractivity contribution is 7.81. The van der Waals surface area contributed by atoms with Crippen LogP contribution in [0.2, 0.25) is 0 Å². The molecule has 0 spiro atoms. The Morgan fingerprint density at radius 2 is 1.43 bits per heavy atom. The predicted octanol–water partition coefficient (Wildman–Crippen LogP) is 4.98. The van der Waals surface area contributed by atoms with Gasteiger partial charge in [0.1, 0.15) is 4.99 Å². The molecule has 0 atom stereocenters. The van der Waals surface area contributed by atoms with Gasteiger partial charge in [0.15, 0.2) is 0 Å². The van der Waals surface area contributed by atoms with Crippen LogP contribution in [0.3, 0.4) is 0 Å². The van der Waals surface area contributed by atoms with Gasteiger partial charge in [-0.3, -0.25) is 0 Å². The van der Waals surface area contributed by atoms with Gasteiger partial charge in [0.05, 0.1) is 0 Å². The van der Waals surface area contributed by atoms with Crippen molar-refractivity contribution >= 4 is 28.6 Å². The smallest absolute Gasteiger partial charge is 0.108 e. The number of para-hydroxylation sites is 2. The number of nitrogens with one attached hydrogen (secondary N) is 2. The van der Waals surface area contributed by atoms with E-state index in [0.29, 0.717) is 0 Å². The maximum atomic E-state index is 5.58. The van der Waals surface area contributed by atoms with Crippen LogP contribution < -0.4 is 10.6 Å². The van der Waals surface area contributed by atoms with Crippen molar-refractivity contribution in [2.75, 3.05) is 10.6 Å². The lowest BCUT2D eigenvalue weighted by Gasteiger charge is -2.13. The number of thiocarbonyl (C=S) groups is 1. The number of rotatable bonds is 4. The molecule has 0 heterocycles. The van der Waals surface area contributed by atoms with Crippen LogP contribution in [0.25, 0.3) is 0 Å². The molecule has 0 unspecified atom stereocenters. The Labute approximate surface area is 130 Å². The molecule has 1 aliphatic rings. The van der Waals surface area contributed by atoms with E-state index in [4.69, 9.17) is 12.2 Å². The first-order valence-electron chi connectivity index (χ1n) is 7.23. The van der Waals surface area contributed by atoms with E-state index in [0.717, 1.165) is 35.6 Å². The zero-order valence-electron chi connectivity index (χ0n) is 11.8. The van der Waals surface area contributed by atoms with Crippen molar-refractivity contribution in [1.82, 2.24) is 0 Å². The van der Waals surface area contributed by atoms with Crippen LogP contribution in [-0.2, 0) is 0 Å². The largest absolute Gasteiger partial charge is 0.359 e. The average Bonchev–Trinajstić information content (AvgIpc) is 2.97. The zero-order chi connectivity index (χ0) is 14.5. The number of benzene rings is 2. The van der Waals surface area contributed by atoms with Crippen LogP contribution >= 0.6 is 12.2 Å². The van der Waals surface area contributed by atoms with E-state index in [2.05, 4.69) is 22.8 Å². The summed E-state index contributed by atoms with van der Waals surface area (Å²) in [4.78, 5) is 0.831. The van der Waals surface area contributed by atoms with E-state index in [1.54, 1.807) is 0 Å². The summed E-state index contributed by atoms with van der Waals surface area (Å²) in [6.45, 7) is 0. The minimum atomic E-state index is 0.831. The zero-order valence-corrected chi connectivity index (χ0v) is 12.6. The molecule has 3 rings (SSSR count). The third kappa shape index (κ3) is 3.50. The molecule has 0 amide bonds. The minimum absolute atomic E-state index is 0.831. The molecule has 3 heteroatoms. The Balaban J connectivity index is 1.75. The summed E-state index contributed by atoms with van der Waals surface area (Å²) >= 11 is 5.58. The number of hydrogen-bond acceptors (Lipinski definition) is 2. The van der Waals surface area contributed by atoms with Gasteiger partial charge in [0, 0.05) is 22.6 Å². The normalized spacial score (nSPS) is 14.1. The van der Waals surface area contributed by atoms with E-state index in [1.807, 2.05) is 48.5 Å². The van der Waals surface area contributed by atoms with E-state index in [9.17, 15) is 0 Å². The Kier molecular flexibility index (Phi) is 4.31. The van der Waals surface area contributed by atoms with Crippen LogP contribution in [-0.4, -0.2) is 4.99 Å². The summed E-state index contributed by atoms with van der Waals surface area (Å²) in [6, 6.07) is 20.4.